The zero-order chi connectivity index (χ0) is 22.9. The molecule has 33 heavy (non-hydrogen) atoms. The summed E-state index contributed by atoms with van der Waals surface area (Å²) >= 11 is 0. The first kappa shape index (κ1) is 22.6. The van der Waals surface area contributed by atoms with Gasteiger partial charge in [-0.2, -0.15) is 0 Å². The zero-order valence-electron chi connectivity index (χ0n) is 18.9. The van der Waals surface area contributed by atoms with Gasteiger partial charge in [-0.05, 0) is 36.7 Å². The van der Waals surface area contributed by atoms with E-state index in [-0.39, 0.29) is 0 Å². The number of rotatable bonds is 8. The Labute approximate surface area is 195 Å². The molecule has 4 rings (SSSR count). The number of pyridine rings is 1. The molecule has 1 aliphatic heterocycles. The molecule has 7 nitrogen and oxygen atoms in total. The van der Waals surface area contributed by atoms with E-state index < -0.39 is 6.09 Å². The van der Waals surface area contributed by atoms with E-state index in [0.717, 1.165) is 61.7 Å². The van der Waals surface area contributed by atoms with E-state index >= 15 is 0 Å². The Morgan fingerprint density at radius 1 is 0.939 bits per heavy atom. The molecule has 1 aliphatic rings. The quantitative estimate of drug-likeness (QED) is 0.527. The van der Waals surface area contributed by atoms with Crippen LogP contribution in [0.25, 0.3) is 11.1 Å². The van der Waals surface area contributed by atoms with Gasteiger partial charge in [0.15, 0.2) is 0 Å². The minimum atomic E-state index is -0.476. The van der Waals surface area contributed by atoms with Crippen molar-refractivity contribution >= 4 is 11.8 Å². The molecule has 1 saturated heterocycles. The Balaban J connectivity index is 1.14. The number of amides is 1. The number of anilines is 1. The molecule has 3 aromatic rings. The van der Waals surface area contributed by atoms with E-state index in [0.29, 0.717) is 12.4 Å². The highest BCUT2D eigenvalue weighted by Crippen LogP contribution is 2.28. The van der Waals surface area contributed by atoms with Crippen LogP contribution in [-0.4, -0.2) is 62.4 Å². The molecule has 0 aliphatic carbocycles. The lowest BCUT2D eigenvalue weighted by Gasteiger charge is -2.36. The average Bonchev–Trinajstić information content (AvgIpc) is 2.88. The largest absolute Gasteiger partial charge is 0.495 e. The molecule has 0 atom stereocenters. The molecule has 2 aromatic carbocycles. The second-order valence-electron chi connectivity index (χ2n) is 7.92. The summed E-state index contributed by atoms with van der Waals surface area (Å²) in [6, 6.07) is 21.7. The summed E-state index contributed by atoms with van der Waals surface area (Å²) in [6.07, 6.45) is 2.10. The molecule has 2 heterocycles. The molecule has 0 bridgehead atoms. The van der Waals surface area contributed by atoms with Crippen LogP contribution in [0.15, 0.2) is 72.9 Å². The van der Waals surface area contributed by atoms with Crippen molar-refractivity contribution < 1.29 is 14.3 Å². The third kappa shape index (κ3) is 6.23. The highest BCUT2D eigenvalue weighted by atomic mass is 16.6. The molecule has 0 radical (unpaired) electrons. The van der Waals surface area contributed by atoms with Crippen LogP contribution in [0.1, 0.15) is 6.42 Å². The predicted molar refractivity (Wildman–Crippen MR) is 130 cm³/mol. The van der Waals surface area contributed by atoms with Crippen LogP contribution in [0, 0.1) is 0 Å². The number of hydrogen-bond donors (Lipinski definition) is 1. The van der Waals surface area contributed by atoms with Crippen LogP contribution >= 0.6 is 0 Å². The molecule has 1 fully saturated rings. The first-order valence-corrected chi connectivity index (χ1v) is 11.3. The summed E-state index contributed by atoms with van der Waals surface area (Å²) in [4.78, 5) is 21.1. The number of hydrogen-bond acceptors (Lipinski definition) is 6. The van der Waals surface area contributed by atoms with Crippen LogP contribution in [0.2, 0.25) is 0 Å². The number of aromatic nitrogens is 1. The lowest BCUT2D eigenvalue weighted by atomic mass is 10.1. The second-order valence-corrected chi connectivity index (χ2v) is 7.92. The van der Waals surface area contributed by atoms with Crippen molar-refractivity contribution in [3.63, 3.8) is 0 Å². The van der Waals surface area contributed by atoms with Gasteiger partial charge in [-0.3, -0.25) is 4.90 Å². The molecule has 1 aromatic heterocycles. The van der Waals surface area contributed by atoms with Gasteiger partial charge in [0.1, 0.15) is 5.75 Å². The maximum Gasteiger partial charge on any atom is 0.413 e. The van der Waals surface area contributed by atoms with Crippen molar-refractivity contribution in [3.8, 4) is 22.8 Å². The number of para-hydroxylation sites is 2. The smallest absolute Gasteiger partial charge is 0.413 e. The van der Waals surface area contributed by atoms with Crippen molar-refractivity contribution in [3.05, 3.63) is 72.9 Å². The number of nitrogens with one attached hydrogen (secondary N) is 1. The van der Waals surface area contributed by atoms with Gasteiger partial charge in [-0.15, -0.1) is 0 Å². The maximum atomic E-state index is 12.1. The fraction of sp³-hybridized carbons (Fsp3) is 0.308. The van der Waals surface area contributed by atoms with Crippen LogP contribution in [0.5, 0.6) is 11.6 Å². The Morgan fingerprint density at radius 3 is 2.42 bits per heavy atom. The predicted octanol–water partition coefficient (Wildman–Crippen LogP) is 4.06. The highest BCUT2D eigenvalue weighted by Gasteiger charge is 2.19. The topological polar surface area (TPSA) is 66.9 Å². The fourth-order valence-electron chi connectivity index (χ4n) is 3.97. The van der Waals surface area contributed by atoms with Gasteiger partial charge in [0, 0.05) is 50.6 Å². The lowest BCUT2D eigenvalue weighted by molar-refractivity contribution is 0.197. The maximum absolute atomic E-state index is 12.1. The van der Waals surface area contributed by atoms with Crippen molar-refractivity contribution in [1.82, 2.24) is 15.2 Å². The standard InChI is InChI=1S/C26H30N4O3/c1-32-24-11-6-5-10-23(24)30-18-16-29(17-19-30)15-7-14-27-26(31)33-25-13-12-22(20-28-25)21-8-3-2-4-9-21/h2-6,8-13,20H,7,14-19H2,1H3,(H,27,31). The number of benzene rings is 2. The minimum Gasteiger partial charge on any atom is -0.495 e. The van der Waals surface area contributed by atoms with Gasteiger partial charge in [-0.1, -0.05) is 42.5 Å². The van der Waals surface area contributed by atoms with Crippen molar-refractivity contribution in [2.24, 2.45) is 0 Å². The average molecular weight is 447 g/mol. The van der Waals surface area contributed by atoms with E-state index in [4.69, 9.17) is 9.47 Å². The summed E-state index contributed by atoms with van der Waals surface area (Å²) in [6.45, 7) is 5.39. The minimum absolute atomic E-state index is 0.291. The van der Waals surface area contributed by atoms with E-state index in [1.807, 2.05) is 54.6 Å². The second kappa shape index (κ2) is 11.3. The van der Waals surface area contributed by atoms with Gasteiger partial charge < -0.3 is 19.7 Å². The van der Waals surface area contributed by atoms with Crippen LogP contribution in [-0.2, 0) is 0 Å². The van der Waals surface area contributed by atoms with Crippen molar-refractivity contribution in [2.45, 2.75) is 6.42 Å². The number of methoxy groups -OCH3 is 1. The molecule has 1 N–H and O–H groups in total. The summed E-state index contributed by atoms with van der Waals surface area (Å²) in [7, 11) is 1.71. The Morgan fingerprint density at radius 2 is 1.70 bits per heavy atom. The first-order chi connectivity index (χ1) is 16.2. The van der Waals surface area contributed by atoms with E-state index in [1.54, 1.807) is 19.4 Å². The monoisotopic (exact) mass is 446 g/mol. The number of ether oxygens (including phenoxy) is 2. The van der Waals surface area contributed by atoms with Gasteiger partial charge >= 0.3 is 6.09 Å². The number of nitrogens with zero attached hydrogens (tertiary/aromatic N) is 3. The van der Waals surface area contributed by atoms with Gasteiger partial charge in [0.25, 0.3) is 0 Å². The normalized spacial score (nSPS) is 14.0. The Bertz CT molecular complexity index is 1020. The van der Waals surface area contributed by atoms with E-state index in [9.17, 15) is 4.79 Å². The Kier molecular flexibility index (Phi) is 7.76. The molecule has 172 valence electrons. The lowest BCUT2D eigenvalue weighted by Crippen LogP contribution is -2.47. The van der Waals surface area contributed by atoms with Crippen LogP contribution in [0.3, 0.4) is 0 Å². The number of carbonyl (C=O) groups is 1. The van der Waals surface area contributed by atoms with Gasteiger partial charge in [0.2, 0.25) is 5.88 Å². The summed E-state index contributed by atoms with van der Waals surface area (Å²) in [5, 5.41) is 2.81. The molecule has 7 heteroatoms. The van der Waals surface area contributed by atoms with Crippen LogP contribution < -0.4 is 19.7 Å². The Hall–Kier alpha value is -3.58. The molecular formula is C26H30N4O3. The molecule has 0 unspecified atom stereocenters. The molecule has 1 amide bonds. The zero-order valence-corrected chi connectivity index (χ0v) is 18.9. The van der Waals surface area contributed by atoms with E-state index in [2.05, 4.69) is 26.2 Å². The third-order valence-electron chi connectivity index (χ3n) is 5.76. The number of carbonyl (C=O) groups excluding carboxylic acids is 1. The summed E-state index contributed by atoms with van der Waals surface area (Å²) < 4.78 is 10.8. The molecule has 0 saturated carbocycles. The third-order valence-corrected chi connectivity index (χ3v) is 5.76. The number of piperazine rings is 1. The fourth-order valence-corrected chi connectivity index (χ4v) is 3.97. The molecule has 0 spiro atoms. The van der Waals surface area contributed by atoms with Gasteiger partial charge in [0.05, 0.1) is 12.8 Å². The summed E-state index contributed by atoms with van der Waals surface area (Å²) in [5.41, 5.74) is 3.20. The molecular weight excluding hydrogens is 416 g/mol. The van der Waals surface area contributed by atoms with Crippen LogP contribution in [0.4, 0.5) is 10.5 Å². The first-order valence-electron chi connectivity index (χ1n) is 11.3. The van der Waals surface area contributed by atoms with E-state index in [1.165, 1.54) is 0 Å². The van der Waals surface area contributed by atoms with Crippen molar-refractivity contribution in [1.29, 1.82) is 0 Å². The van der Waals surface area contributed by atoms with Gasteiger partial charge in [-0.25, -0.2) is 9.78 Å². The highest BCUT2D eigenvalue weighted by molar-refractivity contribution is 5.70. The SMILES string of the molecule is COc1ccccc1N1CCN(CCCNC(=O)Oc2ccc(-c3ccccc3)cn2)CC1. The summed E-state index contributed by atoms with van der Waals surface area (Å²) in [5.74, 6) is 1.21. The van der Waals surface area contributed by atoms with Crippen molar-refractivity contribution in [2.75, 3.05) is 51.3 Å².